The molecular formula is C16H21FN6O. The van der Waals surface area contributed by atoms with Gasteiger partial charge in [0.2, 0.25) is 5.91 Å². The highest BCUT2D eigenvalue weighted by molar-refractivity contribution is 5.76. The average Bonchev–Trinajstić information content (AvgIpc) is 3.08. The molecule has 2 aromatic rings. The highest BCUT2D eigenvalue weighted by atomic mass is 19.1. The summed E-state index contributed by atoms with van der Waals surface area (Å²) in [7, 11) is 2.07. The van der Waals surface area contributed by atoms with Crippen LogP contribution in [0.25, 0.3) is 0 Å². The molecule has 0 unspecified atom stereocenters. The fourth-order valence-corrected chi connectivity index (χ4v) is 3.02. The summed E-state index contributed by atoms with van der Waals surface area (Å²) in [5, 5.41) is 10.8. The number of aromatic nitrogens is 4. The van der Waals surface area contributed by atoms with Crippen molar-refractivity contribution in [1.29, 1.82) is 0 Å². The Balaban J connectivity index is 1.77. The van der Waals surface area contributed by atoms with E-state index in [1.807, 2.05) is 0 Å². The molecule has 128 valence electrons. The van der Waals surface area contributed by atoms with Crippen molar-refractivity contribution < 1.29 is 9.18 Å². The molecule has 1 amide bonds. The number of hydrogen-bond acceptors (Lipinski definition) is 5. The number of nitrogens with zero attached hydrogens (tertiary/aromatic N) is 6. The Labute approximate surface area is 140 Å². The molecule has 1 aromatic heterocycles. The zero-order valence-electron chi connectivity index (χ0n) is 13.7. The standard InChI is InChI=1S/C16H21FN6O/c1-21-8-6-14(7-9-21)23(10-13-4-2-3-5-15(13)17)16(24)11-22-12-18-19-20-22/h2-5,12,14H,6-11H2,1H3. The molecule has 1 aromatic carbocycles. The molecule has 0 N–H and O–H groups in total. The van der Waals surface area contributed by atoms with Gasteiger partial charge in [0.1, 0.15) is 18.7 Å². The van der Waals surface area contributed by atoms with Gasteiger partial charge in [-0.3, -0.25) is 4.79 Å². The lowest BCUT2D eigenvalue weighted by atomic mass is 10.0. The predicted octanol–water partition coefficient (Wildman–Crippen LogP) is 0.935. The van der Waals surface area contributed by atoms with Gasteiger partial charge in [-0.25, -0.2) is 9.07 Å². The van der Waals surface area contributed by atoms with Gasteiger partial charge in [-0.2, -0.15) is 0 Å². The largest absolute Gasteiger partial charge is 0.334 e. The van der Waals surface area contributed by atoms with Crippen LogP contribution in [-0.4, -0.2) is 62.1 Å². The van der Waals surface area contributed by atoms with E-state index in [1.165, 1.54) is 17.1 Å². The first-order chi connectivity index (χ1) is 11.6. The fraction of sp³-hybridized carbons (Fsp3) is 0.500. The minimum absolute atomic E-state index is 0.0633. The second-order valence-corrected chi connectivity index (χ2v) is 6.15. The van der Waals surface area contributed by atoms with Crippen molar-refractivity contribution >= 4 is 5.91 Å². The summed E-state index contributed by atoms with van der Waals surface area (Å²) < 4.78 is 15.4. The van der Waals surface area contributed by atoms with Crippen molar-refractivity contribution in [2.45, 2.75) is 32.0 Å². The summed E-state index contributed by atoms with van der Waals surface area (Å²) in [5.41, 5.74) is 0.529. The van der Waals surface area contributed by atoms with Gasteiger partial charge in [-0.05, 0) is 49.5 Å². The normalized spacial score (nSPS) is 16.2. The van der Waals surface area contributed by atoms with Crippen molar-refractivity contribution in [3.05, 3.63) is 42.0 Å². The lowest BCUT2D eigenvalue weighted by Crippen LogP contribution is -2.47. The monoisotopic (exact) mass is 332 g/mol. The SMILES string of the molecule is CN1CCC(N(Cc2ccccc2F)C(=O)Cn2cnnn2)CC1. The lowest BCUT2D eigenvalue weighted by Gasteiger charge is -2.37. The molecule has 1 saturated heterocycles. The number of piperidine rings is 1. The Bertz CT molecular complexity index is 669. The minimum atomic E-state index is -0.286. The van der Waals surface area contributed by atoms with E-state index >= 15 is 0 Å². The van der Waals surface area contributed by atoms with Crippen molar-refractivity contribution in [3.8, 4) is 0 Å². The number of halogens is 1. The maximum Gasteiger partial charge on any atom is 0.244 e. The van der Waals surface area contributed by atoms with E-state index in [0.717, 1.165) is 25.9 Å². The van der Waals surface area contributed by atoms with Crippen LogP contribution in [0.1, 0.15) is 18.4 Å². The lowest BCUT2D eigenvalue weighted by molar-refractivity contribution is -0.136. The average molecular weight is 332 g/mol. The first-order valence-corrected chi connectivity index (χ1v) is 8.05. The Kier molecular flexibility index (Phi) is 5.14. The van der Waals surface area contributed by atoms with Gasteiger partial charge < -0.3 is 9.80 Å². The summed E-state index contributed by atoms with van der Waals surface area (Å²) in [5.74, 6) is -0.384. The first-order valence-electron chi connectivity index (χ1n) is 8.05. The predicted molar refractivity (Wildman–Crippen MR) is 85.3 cm³/mol. The van der Waals surface area contributed by atoms with Crippen molar-refractivity contribution in [2.24, 2.45) is 0 Å². The zero-order valence-corrected chi connectivity index (χ0v) is 13.7. The van der Waals surface area contributed by atoms with Crippen LogP contribution < -0.4 is 0 Å². The molecule has 0 spiro atoms. The van der Waals surface area contributed by atoms with Crippen LogP contribution in [-0.2, 0) is 17.9 Å². The molecule has 0 atom stereocenters. The molecule has 7 nitrogen and oxygen atoms in total. The van der Waals surface area contributed by atoms with Gasteiger partial charge in [0, 0.05) is 18.2 Å². The Morgan fingerprint density at radius 2 is 2.08 bits per heavy atom. The van der Waals surface area contributed by atoms with Crippen LogP contribution >= 0.6 is 0 Å². The van der Waals surface area contributed by atoms with Crippen molar-refractivity contribution in [3.63, 3.8) is 0 Å². The second-order valence-electron chi connectivity index (χ2n) is 6.15. The molecule has 8 heteroatoms. The molecule has 0 saturated carbocycles. The molecule has 1 aliphatic rings. The number of likely N-dealkylation sites (tertiary alicyclic amines) is 1. The van der Waals surface area contributed by atoms with E-state index in [1.54, 1.807) is 23.1 Å². The molecule has 24 heavy (non-hydrogen) atoms. The molecule has 1 aliphatic heterocycles. The zero-order chi connectivity index (χ0) is 16.9. The fourth-order valence-electron chi connectivity index (χ4n) is 3.02. The molecule has 0 aliphatic carbocycles. The second kappa shape index (κ2) is 7.48. The Morgan fingerprint density at radius 3 is 2.75 bits per heavy atom. The van der Waals surface area contributed by atoms with Crippen LogP contribution in [0.3, 0.4) is 0 Å². The summed E-state index contributed by atoms with van der Waals surface area (Å²) >= 11 is 0. The summed E-state index contributed by atoms with van der Waals surface area (Å²) in [6.07, 6.45) is 3.17. The maximum absolute atomic E-state index is 14.0. The van der Waals surface area contributed by atoms with Crippen LogP contribution in [0.2, 0.25) is 0 Å². The van der Waals surface area contributed by atoms with E-state index in [0.29, 0.717) is 5.56 Å². The highest BCUT2D eigenvalue weighted by Crippen LogP contribution is 2.20. The van der Waals surface area contributed by atoms with Gasteiger partial charge >= 0.3 is 0 Å². The molecular weight excluding hydrogens is 311 g/mol. The van der Waals surface area contributed by atoms with Gasteiger partial charge in [0.15, 0.2) is 0 Å². The third-order valence-corrected chi connectivity index (χ3v) is 4.44. The topological polar surface area (TPSA) is 67.2 Å². The Hall–Kier alpha value is -2.35. The number of tetrazole rings is 1. The number of amides is 1. The summed E-state index contributed by atoms with van der Waals surface area (Å²) in [4.78, 5) is 16.8. The third kappa shape index (κ3) is 3.94. The molecule has 0 radical (unpaired) electrons. The minimum Gasteiger partial charge on any atom is -0.334 e. The molecule has 3 rings (SSSR count). The number of benzene rings is 1. The number of rotatable bonds is 5. The molecule has 2 heterocycles. The van der Waals surface area contributed by atoms with E-state index in [9.17, 15) is 9.18 Å². The smallest absolute Gasteiger partial charge is 0.244 e. The summed E-state index contributed by atoms with van der Waals surface area (Å²) in [6, 6.07) is 6.69. The number of carbonyl (C=O) groups is 1. The van der Waals surface area contributed by atoms with Crippen molar-refractivity contribution in [1.82, 2.24) is 30.0 Å². The molecule has 1 fully saturated rings. The quantitative estimate of drug-likeness (QED) is 0.815. The number of hydrogen-bond donors (Lipinski definition) is 0. The van der Waals surface area contributed by atoms with Crippen molar-refractivity contribution in [2.75, 3.05) is 20.1 Å². The maximum atomic E-state index is 14.0. The van der Waals surface area contributed by atoms with E-state index in [2.05, 4.69) is 27.5 Å². The van der Waals surface area contributed by atoms with Gasteiger partial charge in [0.25, 0.3) is 0 Å². The van der Waals surface area contributed by atoms with Crippen LogP contribution in [0.4, 0.5) is 4.39 Å². The van der Waals surface area contributed by atoms with Crippen LogP contribution in [0, 0.1) is 5.82 Å². The first kappa shape index (κ1) is 16.5. The molecule has 0 bridgehead atoms. The van der Waals surface area contributed by atoms with Crippen LogP contribution in [0.15, 0.2) is 30.6 Å². The summed E-state index contributed by atoms with van der Waals surface area (Å²) in [6.45, 7) is 2.18. The van der Waals surface area contributed by atoms with Gasteiger partial charge in [-0.15, -0.1) is 5.10 Å². The highest BCUT2D eigenvalue weighted by Gasteiger charge is 2.28. The van der Waals surface area contributed by atoms with Gasteiger partial charge in [-0.1, -0.05) is 18.2 Å². The van der Waals surface area contributed by atoms with E-state index in [4.69, 9.17) is 0 Å². The van der Waals surface area contributed by atoms with E-state index in [-0.39, 0.29) is 30.9 Å². The Morgan fingerprint density at radius 1 is 1.33 bits per heavy atom. The van der Waals surface area contributed by atoms with E-state index < -0.39 is 0 Å². The van der Waals surface area contributed by atoms with Gasteiger partial charge in [0.05, 0.1) is 0 Å². The number of carbonyl (C=O) groups excluding carboxylic acids is 1. The third-order valence-electron chi connectivity index (χ3n) is 4.44. The van der Waals surface area contributed by atoms with Crippen LogP contribution in [0.5, 0.6) is 0 Å².